The van der Waals surface area contributed by atoms with Gasteiger partial charge in [-0.05, 0) is 81.3 Å². The smallest absolute Gasteiger partial charge is 0.220 e. The third kappa shape index (κ3) is 10.9. The maximum atomic E-state index is 12.0. The fourth-order valence-corrected chi connectivity index (χ4v) is 4.03. The van der Waals surface area contributed by atoms with Crippen molar-refractivity contribution in [3.8, 4) is 5.88 Å². The van der Waals surface area contributed by atoms with E-state index < -0.39 is 0 Å². The molecule has 3 N–H and O–H groups in total. The van der Waals surface area contributed by atoms with Crippen LogP contribution in [0.25, 0.3) is 0 Å². The van der Waals surface area contributed by atoms with Crippen LogP contribution in [0.5, 0.6) is 5.88 Å². The molecule has 0 unspecified atom stereocenters. The molecule has 1 amide bonds. The standard InChI is InChI=1S/C27H37N5O2S/c1-22-9-11-24(12-10-22)31-27(35)30-15-7-8-25(33)28-14-3-6-19-34-26-20-23(13-16-29-26)21-32-17-4-2-5-18-32/h3,6,9-13,16,20H,2,4-5,7-8,14-15,17-19,21H2,1H3,(H,28,33)(H2,30,31,35)/b6-3-. The first-order valence-corrected chi connectivity index (χ1v) is 12.8. The molecule has 0 atom stereocenters. The van der Waals surface area contributed by atoms with Gasteiger partial charge in [0.1, 0.15) is 6.61 Å². The molecule has 0 spiro atoms. The lowest BCUT2D eigenvalue weighted by Crippen LogP contribution is -2.30. The number of nitrogens with one attached hydrogen (secondary N) is 3. The fourth-order valence-electron chi connectivity index (χ4n) is 3.81. The Morgan fingerprint density at radius 3 is 2.71 bits per heavy atom. The van der Waals surface area contributed by atoms with E-state index in [1.54, 1.807) is 6.20 Å². The van der Waals surface area contributed by atoms with E-state index in [4.69, 9.17) is 17.0 Å². The largest absolute Gasteiger partial charge is 0.473 e. The van der Waals surface area contributed by atoms with Gasteiger partial charge in [0.2, 0.25) is 11.8 Å². The number of nitrogens with zero attached hydrogens (tertiary/aromatic N) is 2. The highest BCUT2D eigenvalue weighted by atomic mass is 32.1. The highest BCUT2D eigenvalue weighted by molar-refractivity contribution is 7.80. The summed E-state index contributed by atoms with van der Waals surface area (Å²) in [6.07, 6.45) is 10.7. The van der Waals surface area contributed by atoms with Crippen molar-refractivity contribution in [2.24, 2.45) is 0 Å². The van der Waals surface area contributed by atoms with Gasteiger partial charge in [-0.25, -0.2) is 4.98 Å². The zero-order chi connectivity index (χ0) is 24.7. The molecule has 7 nitrogen and oxygen atoms in total. The zero-order valence-corrected chi connectivity index (χ0v) is 21.4. The van der Waals surface area contributed by atoms with Crippen LogP contribution in [0.4, 0.5) is 5.69 Å². The van der Waals surface area contributed by atoms with Crippen LogP contribution in [0, 0.1) is 6.92 Å². The Hall–Kier alpha value is -2.97. The number of hydrogen-bond donors (Lipinski definition) is 3. The minimum atomic E-state index is 0.0156. The Bertz CT molecular complexity index is 958. The molecule has 35 heavy (non-hydrogen) atoms. The summed E-state index contributed by atoms with van der Waals surface area (Å²) in [5.74, 6) is 0.650. The molecule has 2 aromatic rings. The molecule has 1 fully saturated rings. The summed E-state index contributed by atoms with van der Waals surface area (Å²) in [4.78, 5) is 18.8. The van der Waals surface area contributed by atoms with E-state index in [-0.39, 0.29) is 5.91 Å². The van der Waals surface area contributed by atoms with Gasteiger partial charge in [0, 0.05) is 44.0 Å². The number of benzene rings is 1. The maximum absolute atomic E-state index is 12.0. The van der Waals surface area contributed by atoms with Crippen LogP contribution >= 0.6 is 12.2 Å². The van der Waals surface area contributed by atoms with E-state index in [2.05, 4.69) is 31.9 Å². The highest BCUT2D eigenvalue weighted by Gasteiger charge is 2.10. The number of aromatic nitrogens is 1. The predicted molar refractivity (Wildman–Crippen MR) is 146 cm³/mol. The molecule has 1 aromatic carbocycles. The number of hydrogen-bond acceptors (Lipinski definition) is 5. The van der Waals surface area contributed by atoms with Crippen molar-refractivity contribution in [3.63, 3.8) is 0 Å². The van der Waals surface area contributed by atoms with Gasteiger partial charge in [-0.2, -0.15) is 0 Å². The van der Waals surface area contributed by atoms with E-state index in [0.717, 1.165) is 12.2 Å². The molecule has 0 saturated carbocycles. The first-order chi connectivity index (χ1) is 17.1. The number of ether oxygens (including phenoxy) is 1. The Morgan fingerprint density at radius 2 is 1.91 bits per heavy atom. The van der Waals surface area contributed by atoms with Crippen molar-refractivity contribution in [2.75, 3.05) is 38.1 Å². The van der Waals surface area contributed by atoms with Gasteiger partial charge in [0.15, 0.2) is 5.11 Å². The van der Waals surface area contributed by atoms with E-state index in [1.807, 2.05) is 49.4 Å². The summed E-state index contributed by atoms with van der Waals surface area (Å²) < 4.78 is 5.74. The quantitative estimate of drug-likeness (QED) is 0.231. The zero-order valence-electron chi connectivity index (χ0n) is 20.6. The van der Waals surface area contributed by atoms with Crippen LogP contribution in [0.15, 0.2) is 54.7 Å². The fraction of sp³-hybridized carbons (Fsp3) is 0.444. The molecule has 1 aromatic heterocycles. The molecule has 1 aliphatic heterocycles. The first-order valence-electron chi connectivity index (χ1n) is 12.4. The summed E-state index contributed by atoms with van der Waals surface area (Å²) in [6, 6.07) is 12.1. The Kier molecular flexibility index (Phi) is 11.5. The molecular weight excluding hydrogens is 458 g/mol. The molecule has 1 aliphatic rings. The number of pyridine rings is 1. The minimum Gasteiger partial charge on any atom is -0.473 e. The number of amides is 1. The molecule has 8 heteroatoms. The third-order valence-electron chi connectivity index (χ3n) is 5.74. The molecule has 2 heterocycles. The van der Waals surface area contributed by atoms with Crippen LogP contribution < -0.4 is 20.7 Å². The van der Waals surface area contributed by atoms with Crippen molar-refractivity contribution in [3.05, 3.63) is 65.9 Å². The molecule has 0 aliphatic carbocycles. The number of carbonyl (C=O) groups is 1. The normalized spacial score (nSPS) is 14.0. The Labute approximate surface area is 214 Å². The van der Waals surface area contributed by atoms with E-state index in [1.165, 1.54) is 43.5 Å². The number of anilines is 1. The van der Waals surface area contributed by atoms with Crippen molar-refractivity contribution in [2.45, 2.75) is 45.6 Å². The topological polar surface area (TPSA) is 78.5 Å². The van der Waals surface area contributed by atoms with E-state index in [0.29, 0.717) is 43.5 Å². The minimum absolute atomic E-state index is 0.0156. The van der Waals surface area contributed by atoms with Crippen LogP contribution in [0.3, 0.4) is 0 Å². The Morgan fingerprint density at radius 1 is 1.11 bits per heavy atom. The van der Waals surface area contributed by atoms with Crippen LogP contribution in [-0.4, -0.2) is 53.7 Å². The van der Waals surface area contributed by atoms with Crippen molar-refractivity contribution >= 4 is 28.9 Å². The molecule has 0 radical (unpaired) electrons. The second-order valence-corrected chi connectivity index (χ2v) is 9.18. The van der Waals surface area contributed by atoms with Crippen molar-refractivity contribution < 1.29 is 9.53 Å². The lowest BCUT2D eigenvalue weighted by molar-refractivity contribution is -0.120. The number of aryl methyl sites for hydroxylation is 1. The van der Waals surface area contributed by atoms with Crippen LogP contribution in [0.1, 0.15) is 43.2 Å². The molecule has 1 saturated heterocycles. The van der Waals surface area contributed by atoms with Gasteiger partial charge in [-0.3, -0.25) is 9.69 Å². The number of likely N-dealkylation sites (tertiary alicyclic amines) is 1. The maximum Gasteiger partial charge on any atom is 0.220 e. The monoisotopic (exact) mass is 495 g/mol. The average molecular weight is 496 g/mol. The van der Waals surface area contributed by atoms with Gasteiger partial charge < -0.3 is 20.7 Å². The first kappa shape index (κ1) is 26.6. The average Bonchev–Trinajstić information content (AvgIpc) is 2.86. The highest BCUT2D eigenvalue weighted by Crippen LogP contribution is 2.15. The second kappa shape index (κ2) is 15.1. The molecule has 3 rings (SSSR count). The van der Waals surface area contributed by atoms with Crippen molar-refractivity contribution in [1.82, 2.24) is 20.5 Å². The summed E-state index contributed by atoms with van der Waals surface area (Å²) in [6.45, 7) is 6.87. The number of thiocarbonyl (C=S) groups is 1. The van der Waals surface area contributed by atoms with Gasteiger partial charge in [-0.1, -0.05) is 30.2 Å². The van der Waals surface area contributed by atoms with Gasteiger partial charge in [0.25, 0.3) is 0 Å². The van der Waals surface area contributed by atoms with Gasteiger partial charge in [-0.15, -0.1) is 0 Å². The number of rotatable bonds is 12. The van der Waals surface area contributed by atoms with Crippen molar-refractivity contribution in [1.29, 1.82) is 0 Å². The molecule has 188 valence electrons. The van der Waals surface area contributed by atoms with Gasteiger partial charge >= 0.3 is 0 Å². The number of piperidine rings is 1. The summed E-state index contributed by atoms with van der Waals surface area (Å²) in [5.41, 5.74) is 3.38. The predicted octanol–water partition coefficient (Wildman–Crippen LogP) is 4.19. The van der Waals surface area contributed by atoms with E-state index >= 15 is 0 Å². The molecule has 0 bridgehead atoms. The van der Waals surface area contributed by atoms with Crippen LogP contribution in [0.2, 0.25) is 0 Å². The molecular formula is C27H37N5O2S. The summed E-state index contributed by atoms with van der Waals surface area (Å²) in [7, 11) is 0. The summed E-state index contributed by atoms with van der Waals surface area (Å²) >= 11 is 5.29. The Balaban J connectivity index is 1.22. The number of carbonyl (C=O) groups excluding carboxylic acids is 1. The lowest BCUT2D eigenvalue weighted by atomic mass is 10.1. The van der Waals surface area contributed by atoms with Crippen LogP contribution in [-0.2, 0) is 11.3 Å². The SMILES string of the molecule is Cc1ccc(NC(=S)NCCCC(=O)NC/C=C\COc2cc(CN3CCCCC3)ccn2)cc1. The van der Waals surface area contributed by atoms with Gasteiger partial charge in [0.05, 0.1) is 0 Å². The third-order valence-corrected chi connectivity index (χ3v) is 5.99. The second-order valence-electron chi connectivity index (χ2n) is 8.78. The summed E-state index contributed by atoms with van der Waals surface area (Å²) in [5, 5.41) is 9.71. The lowest BCUT2D eigenvalue weighted by Gasteiger charge is -2.26. The van der Waals surface area contributed by atoms with E-state index in [9.17, 15) is 4.79 Å².